The monoisotopic (exact) mass is 360 g/mol. The van der Waals surface area contributed by atoms with Gasteiger partial charge in [0.15, 0.2) is 5.65 Å². The summed E-state index contributed by atoms with van der Waals surface area (Å²) in [7, 11) is 0. The summed E-state index contributed by atoms with van der Waals surface area (Å²) < 4.78 is 41.2. The molecule has 0 spiro atoms. The van der Waals surface area contributed by atoms with Gasteiger partial charge in [-0.2, -0.15) is 13.2 Å². The predicted octanol–water partition coefficient (Wildman–Crippen LogP) is 4.76. The fourth-order valence-electron chi connectivity index (χ4n) is 2.62. The molecule has 2 aromatic heterocycles. The van der Waals surface area contributed by atoms with Crippen molar-refractivity contribution in [1.29, 1.82) is 0 Å². The van der Waals surface area contributed by atoms with Crippen molar-refractivity contribution in [3.05, 3.63) is 59.9 Å². The largest absolute Gasteiger partial charge is 0.452 e. The summed E-state index contributed by atoms with van der Waals surface area (Å²) in [6, 6.07) is 14.4. The Morgan fingerprint density at radius 1 is 0.960 bits per heavy atom. The van der Waals surface area contributed by atoms with E-state index in [4.69, 9.17) is 0 Å². The van der Waals surface area contributed by atoms with Gasteiger partial charge in [-0.3, -0.25) is 4.40 Å². The second-order valence-corrected chi connectivity index (χ2v) is 6.52. The van der Waals surface area contributed by atoms with Gasteiger partial charge in [-0.25, -0.2) is 4.98 Å². The molecule has 2 aromatic carbocycles. The Balaban J connectivity index is 2.05. The van der Waals surface area contributed by atoms with Gasteiger partial charge in [-0.15, -0.1) is 10.2 Å². The third-order valence-corrected chi connectivity index (χ3v) is 4.71. The third-order valence-electron chi connectivity index (χ3n) is 3.74. The molecule has 8 heteroatoms. The van der Waals surface area contributed by atoms with Crippen molar-refractivity contribution in [2.24, 2.45) is 0 Å². The second kappa shape index (κ2) is 5.73. The van der Waals surface area contributed by atoms with Crippen LogP contribution in [0.5, 0.6) is 0 Å². The van der Waals surface area contributed by atoms with Crippen LogP contribution in [0.1, 0.15) is 11.4 Å². The number of aryl methyl sites for hydroxylation is 1. The molecule has 4 rings (SSSR count). The zero-order valence-corrected chi connectivity index (χ0v) is 13.8. The van der Waals surface area contributed by atoms with Crippen molar-refractivity contribution < 1.29 is 13.2 Å². The van der Waals surface area contributed by atoms with Crippen LogP contribution in [0.4, 0.5) is 13.2 Å². The van der Waals surface area contributed by atoms with Gasteiger partial charge >= 0.3 is 6.18 Å². The van der Waals surface area contributed by atoms with Gasteiger partial charge in [0, 0.05) is 4.90 Å². The number of halogens is 3. The summed E-state index contributed by atoms with van der Waals surface area (Å²) in [6.45, 7) is 1.82. The van der Waals surface area contributed by atoms with Gasteiger partial charge in [0.1, 0.15) is 5.03 Å². The normalized spacial score (nSPS) is 12.2. The number of aromatic nitrogens is 4. The van der Waals surface area contributed by atoms with Gasteiger partial charge in [0.05, 0.1) is 11.0 Å². The van der Waals surface area contributed by atoms with Crippen LogP contribution < -0.4 is 0 Å². The lowest BCUT2D eigenvalue weighted by Gasteiger charge is -2.11. The van der Waals surface area contributed by atoms with Crippen LogP contribution in [0.3, 0.4) is 0 Å². The van der Waals surface area contributed by atoms with Crippen LogP contribution in [0.2, 0.25) is 0 Å². The summed E-state index contributed by atoms with van der Waals surface area (Å²) in [5.41, 5.74) is 1.72. The lowest BCUT2D eigenvalue weighted by molar-refractivity contribution is -0.145. The quantitative estimate of drug-likeness (QED) is 0.517. The van der Waals surface area contributed by atoms with Crippen molar-refractivity contribution in [2.75, 3.05) is 0 Å². The smallest absolute Gasteiger partial charge is 0.267 e. The summed E-state index contributed by atoms with van der Waals surface area (Å²) in [5, 5.41) is 7.54. The van der Waals surface area contributed by atoms with Crippen LogP contribution in [0.25, 0.3) is 16.7 Å². The number of para-hydroxylation sites is 1. The van der Waals surface area contributed by atoms with Crippen molar-refractivity contribution in [3.8, 4) is 0 Å². The molecule has 4 aromatic rings. The molecule has 0 fully saturated rings. The molecule has 0 radical (unpaired) electrons. The number of benzene rings is 2. The first-order chi connectivity index (χ1) is 11.9. The fraction of sp³-hybridized carbons (Fsp3) is 0.118. The average molecular weight is 360 g/mol. The molecular weight excluding hydrogens is 349 g/mol. The molecule has 2 heterocycles. The summed E-state index contributed by atoms with van der Waals surface area (Å²) >= 11 is 1.26. The van der Waals surface area contributed by atoms with E-state index in [2.05, 4.69) is 15.2 Å². The Morgan fingerprint density at radius 2 is 1.72 bits per heavy atom. The number of hydrogen-bond donors (Lipinski definition) is 0. The number of fused-ring (bicyclic) bond motifs is 3. The first-order valence-corrected chi connectivity index (χ1v) is 8.21. The maximum atomic E-state index is 13.4. The molecule has 0 aliphatic rings. The molecule has 0 amide bonds. The highest BCUT2D eigenvalue weighted by Crippen LogP contribution is 2.35. The number of alkyl halides is 3. The van der Waals surface area contributed by atoms with Crippen molar-refractivity contribution >= 4 is 28.4 Å². The van der Waals surface area contributed by atoms with Gasteiger partial charge in [0.2, 0.25) is 5.82 Å². The molecule has 0 aliphatic carbocycles. The minimum absolute atomic E-state index is 0.0966. The average Bonchev–Trinajstić information content (AvgIpc) is 3.03. The molecule has 0 unspecified atom stereocenters. The topological polar surface area (TPSA) is 43.1 Å². The molecule has 0 N–H and O–H groups in total. The Bertz CT molecular complexity index is 1070. The third kappa shape index (κ3) is 2.72. The molecule has 0 saturated carbocycles. The Morgan fingerprint density at radius 3 is 2.44 bits per heavy atom. The second-order valence-electron chi connectivity index (χ2n) is 5.46. The Kier molecular flexibility index (Phi) is 3.64. The lowest BCUT2D eigenvalue weighted by Crippen LogP contribution is -2.12. The van der Waals surface area contributed by atoms with Crippen LogP contribution in [-0.2, 0) is 6.18 Å². The lowest BCUT2D eigenvalue weighted by atomic mass is 10.2. The van der Waals surface area contributed by atoms with Crippen LogP contribution in [0, 0.1) is 6.92 Å². The van der Waals surface area contributed by atoms with Gasteiger partial charge in [-0.1, -0.05) is 42.1 Å². The molecule has 126 valence electrons. The van der Waals surface area contributed by atoms with Crippen molar-refractivity contribution in [3.63, 3.8) is 0 Å². The van der Waals surface area contributed by atoms with E-state index in [1.54, 1.807) is 12.1 Å². The van der Waals surface area contributed by atoms with Crippen LogP contribution in [0.15, 0.2) is 58.5 Å². The Hall–Kier alpha value is -2.61. The standard InChI is InChI=1S/C17H11F3N4S/c1-10-6-5-9-12-13(10)21-15(25-11-7-3-2-4-8-11)14-22-23-16(24(12)14)17(18,19)20/h2-9H,1H3. The number of nitrogens with zero attached hydrogens (tertiary/aromatic N) is 4. The summed E-state index contributed by atoms with van der Waals surface area (Å²) in [5.74, 6) is -1.05. The van der Waals surface area contributed by atoms with Gasteiger partial charge in [0.25, 0.3) is 0 Å². The van der Waals surface area contributed by atoms with E-state index >= 15 is 0 Å². The molecule has 0 aliphatic heterocycles. The minimum atomic E-state index is -4.61. The number of rotatable bonds is 2. The van der Waals surface area contributed by atoms with E-state index in [1.807, 2.05) is 43.3 Å². The van der Waals surface area contributed by atoms with Crippen molar-refractivity contribution in [1.82, 2.24) is 19.6 Å². The van der Waals surface area contributed by atoms with Gasteiger partial charge in [-0.05, 0) is 30.7 Å². The Labute approximate surface area is 144 Å². The van der Waals surface area contributed by atoms with E-state index < -0.39 is 12.0 Å². The van der Waals surface area contributed by atoms with Crippen molar-refractivity contribution in [2.45, 2.75) is 23.0 Å². The highest BCUT2D eigenvalue weighted by molar-refractivity contribution is 7.99. The van der Waals surface area contributed by atoms with E-state index in [0.717, 1.165) is 14.9 Å². The van der Waals surface area contributed by atoms with Gasteiger partial charge < -0.3 is 0 Å². The molecular formula is C17H11F3N4S. The molecule has 0 bridgehead atoms. The maximum Gasteiger partial charge on any atom is 0.452 e. The molecule has 0 atom stereocenters. The minimum Gasteiger partial charge on any atom is -0.267 e. The summed E-state index contributed by atoms with van der Waals surface area (Å²) in [6.07, 6.45) is -4.61. The SMILES string of the molecule is Cc1cccc2c1nc(Sc1ccccc1)c1nnc(C(F)(F)F)n12. The molecule has 25 heavy (non-hydrogen) atoms. The van der Waals surface area contributed by atoms with E-state index in [0.29, 0.717) is 16.1 Å². The molecule has 4 nitrogen and oxygen atoms in total. The zero-order valence-electron chi connectivity index (χ0n) is 12.9. The first-order valence-electron chi connectivity index (χ1n) is 7.40. The maximum absolute atomic E-state index is 13.4. The van der Waals surface area contributed by atoms with Crippen LogP contribution >= 0.6 is 11.8 Å². The van der Waals surface area contributed by atoms with E-state index in [9.17, 15) is 13.2 Å². The van der Waals surface area contributed by atoms with Crippen LogP contribution in [-0.4, -0.2) is 19.6 Å². The highest BCUT2D eigenvalue weighted by Gasteiger charge is 2.38. The van der Waals surface area contributed by atoms with E-state index in [-0.39, 0.29) is 5.65 Å². The predicted molar refractivity (Wildman–Crippen MR) is 88.6 cm³/mol. The fourth-order valence-corrected chi connectivity index (χ4v) is 3.50. The number of hydrogen-bond acceptors (Lipinski definition) is 4. The molecule has 0 saturated heterocycles. The highest BCUT2D eigenvalue weighted by atomic mass is 32.2. The van der Waals surface area contributed by atoms with E-state index in [1.165, 1.54) is 11.8 Å². The first kappa shape index (κ1) is 15.9. The summed E-state index contributed by atoms with van der Waals surface area (Å²) in [4.78, 5) is 5.43. The zero-order chi connectivity index (χ0) is 17.6.